The number of likely N-dealkylation sites (tertiary alicyclic amines) is 1. The van der Waals surface area contributed by atoms with E-state index in [0.29, 0.717) is 30.1 Å². The van der Waals surface area contributed by atoms with Gasteiger partial charge in [-0.15, -0.1) is 0 Å². The first-order chi connectivity index (χ1) is 10.2. The smallest absolute Gasteiger partial charge is 0.259 e. The number of sulfonamides is 1. The number of piperidine rings is 1. The molecule has 1 N–H and O–H groups in total. The predicted octanol–water partition coefficient (Wildman–Crippen LogP) is 1.26. The minimum atomic E-state index is -3.28. The Hall–Kier alpha value is -1.41. The number of hydrogen-bond donors (Lipinski definition) is 1. The molecule has 0 radical (unpaired) electrons. The molecule has 0 bridgehead atoms. The van der Waals surface area contributed by atoms with Crippen LogP contribution in [0.15, 0.2) is 4.52 Å². The van der Waals surface area contributed by atoms with E-state index in [4.69, 9.17) is 4.52 Å². The molecular formula is C14H23N3O4S. The largest absolute Gasteiger partial charge is 0.360 e. The van der Waals surface area contributed by atoms with Gasteiger partial charge in [0.15, 0.2) is 5.76 Å². The fourth-order valence-corrected chi connectivity index (χ4v) is 3.56. The number of rotatable bonds is 4. The maximum Gasteiger partial charge on any atom is 0.259 e. The Morgan fingerprint density at radius 3 is 2.73 bits per heavy atom. The van der Waals surface area contributed by atoms with Gasteiger partial charge < -0.3 is 9.42 Å². The summed E-state index contributed by atoms with van der Waals surface area (Å²) in [5.74, 6) is 0.512. The van der Waals surface area contributed by atoms with E-state index >= 15 is 0 Å². The fraction of sp³-hybridized carbons (Fsp3) is 0.714. The summed E-state index contributed by atoms with van der Waals surface area (Å²) in [6.07, 6.45) is 2.63. The lowest BCUT2D eigenvalue weighted by atomic mass is 10.0. The van der Waals surface area contributed by atoms with Gasteiger partial charge in [0.25, 0.3) is 5.91 Å². The lowest BCUT2D eigenvalue weighted by molar-refractivity contribution is 0.0699. The van der Waals surface area contributed by atoms with Crippen molar-refractivity contribution in [1.82, 2.24) is 14.8 Å². The van der Waals surface area contributed by atoms with Gasteiger partial charge in [0, 0.05) is 25.0 Å². The first-order valence-corrected chi connectivity index (χ1v) is 9.31. The molecule has 1 aromatic rings. The summed E-state index contributed by atoms with van der Waals surface area (Å²) in [4.78, 5) is 14.4. The Morgan fingerprint density at radius 2 is 2.14 bits per heavy atom. The van der Waals surface area contributed by atoms with Crippen LogP contribution in [0.5, 0.6) is 0 Å². The number of nitrogens with zero attached hydrogens (tertiary/aromatic N) is 2. The molecule has 124 valence electrons. The van der Waals surface area contributed by atoms with Gasteiger partial charge in [-0.1, -0.05) is 19.0 Å². The van der Waals surface area contributed by atoms with Crippen LogP contribution < -0.4 is 4.72 Å². The highest BCUT2D eigenvalue weighted by molar-refractivity contribution is 7.88. The van der Waals surface area contributed by atoms with Crippen LogP contribution >= 0.6 is 0 Å². The maximum absolute atomic E-state index is 12.8. The standard InChI is InChI=1S/C14H23N3O4S/c1-9(2)13-12(10(3)15-21-13)14(18)17-7-5-6-11(8-17)16-22(4,19)20/h9,11,16H,5-8H2,1-4H3/t11-/m0/s1. The van der Waals surface area contributed by atoms with Crippen molar-refractivity contribution >= 4 is 15.9 Å². The van der Waals surface area contributed by atoms with Crippen molar-refractivity contribution in [3.05, 3.63) is 17.0 Å². The third kappa shape index (κ3) is 3.86. The molecule has 7 nitrogen and oxygen atoms in total. The van der Waals surface area contributed by atoms with Gasteiger partial charge in [0.2, 0.25) is 10.0 Å². The quantitative estimate of drug-likeness (QED) is 0.898. The minimum absolute atomic E-state index is 0.0647. The second kappa shape index (κ2) is 6.37. The number of nitrogens with one attached hydrogen (secondary N) is 1. The highest BCUT2D eigenvalue weighted by atomic mass is 32.2. The monoisotopic (exact) mass is 329 g/mol. The molecule has 2 rings (SSSR count). The highest BCUT2D eigenvalue weighted by Gasteiger charge is 2.30. The number of hydrogen-bond acceptors (Lipinski definition) is 5. The molecule has 1 amide bonds. The number of carbonyl (C=O) groups excluding carboxylic acids is 1. The molecule has 1 aliphatic heterocycles. The minimum Gasteiger partial charge on any atom is -0.360 e. The predicted molar refractivity (Wildman–Crippen MR) is 82.2 cm³/mol. The second-order valence-corrected chi connectivity index (χ2v) is 7.92. The lowest BCUT2D eigenvalue weighted by Gasteiger charge is -2.32. The molecule has 22 heavy (non-hydrogen) atoms. The van der Waals surface area contributed by atoms with Gasteiger partial charge in [-0.25, -0.2) is 13.1 Å². The first-order valence-electron chi connectivity index (χ1n) is 7.41. The molecule has 1 aromatic heterocycles. The van der Waals surface area contributed by atoms with E-state index < -0.39 is 10.0 Å². The summed E-state index contributed by atoms with van der Waals surface area (Å²) in [7, 11) is -3.28. The summed E-state index contributed by atoms with van der Waals surface area (Å²) in [5, 5.41) is 3.90. The van der Waals surface area contributed by atoms with Crippen molar-refractivity contribution in [1.29, 1.82) is 0 Å². The molecule has 0 aromatic carbocycles. The average Bonchev–Trinajstić information content (AvgIpc) is 2.78. The van der Waals surface area contributed by atoms with Gasteiger partial charge in [-0.2, -0.15) is 0 Å². The maximum atomic E-state index is 12.8. The summed E-state index contributed by atoms with van der Waals surface area (Å²) < 4.78 is 30.6. The van der Waals surface area contributed by atoms with Crippen molar-refractivity contribution in [3.63, 3.8) is 0 Å². The fourth-order valence-electron chi connectivity index (χ4n) is 2.76. The molecule has 0 unspecified atom stereocenters. The molecule has 0 spiro atoms. The Bertz CT molecular complexity index is 651. The Labute approximate surface area is 131 Å². The van der Waals surface area contributed by atoms with Crippen LogP contribution in [0.4, 0.5) is 0 Å². The van der Waals surface area contributed by atoms with Gasteiger partial charge in [-0.3, -0.25) is 4.79 Å². The van der Waals surface area contributed by atoms with E-state index in [9.17, 15) is 13.2 Å². The first kappa shape index (κ1) is 17.0. The van der Waals surface area contributed by atoms with E-state index in [1.165, 1.54) is 0 Å². The van der Waals surface area contributed by atoms with Crippen molar-refractivity contribution in [3.8, 4) is 0 Å². The van der Waals surface area contributed by atoms with Gasteiger partial charge in [-0.05, 0) is 19.8 Å². The number of amides is 1. The third-order valence-electron chi connectivity index (χ3n) is 3.72. The Kier molecular flexibility index (Phi) is 4.91. The topological polar surface area (TPSA) is 92.5 Å². The van der Waals surface area contributed by atoms with E-state index in [1.807, 2.05) is 13.8 Å². The second-order valence-electron chi connectivity index (χ2n) is 6.14. The Morgan fingerprint density at radius 1 is 1.45 bits per heavy atom. The summed E-state index contributed by atoms with van der Waals surface area (Å²) in [5.41, 5.74) is 1.09. The molecular weight excluding hydrogens is 306 g/mol. The summed E-state index contributed by atoms with van der Waals surface area (Å²) in [6, 6.07) is -0.240. The van der Waals surface area contributed by atoms with Gasteiger partial charge in [0.1, 0.15) is 5.56 Å². The summed E-state index contributed by atoms with van der Waals surface area (Å²) >= 11 is 0. The van der Waals surface area contributed by atoms with Crippen LogP contribution in [-0.4, -0.2) is 49.8 Å². The number of carbonyl (C=O) groups is 1. The molecule has 1 saturated heterocycles. The molecule has 1 atom stereocenters. The zero-order valence-corrected chi connectivity index (χ0v) is 14.2. The van der Waals surface area contributed by atoms with Crippen molar-refractivity contribution < 1.29 is 17.7 Å². The van der Waals surface area contributed by atoms with Crippen LogP contribution in [0.25, 0.3) is 0 Å². The zero-order valence-electron chi connectivity index (χ0n) is 13.4. The van der Waals surface area contributed by atoms with Crippen LogP contribution in [0.2, 0.25) is 0 Å². The van der Waals surface area contributed by atoms with Crippen molar-refractivity contribution in [2.75, 3.05) is 19.3 Å². The van der Waals surface area contributed by atoms with Crippen LogP contribution in [0, 0.1) is 6.92 Å². The van der Waals surface area contributed by atoms with Crippen LogP contribution in [-0.2, 0) is 10.0 Å². The van der Waals surface area contributed by atoms with Gasteiger partial charge in [0.05, 0.1) is 11.9 Å². The Balaban J connectivity index is 2.18. The zero-order chi connectivity index (χ0) is 16.5. The molecule has 0 saturated carbocycles. The average molecular weight is 329 g/mol. The molecule has 2 heterocycles. The molecule has 8 heteroatoms. The van der Waals surface area contributed by atoms with E-state index in [0.717, 1.165) is 19.1 Å². The van der Waals surface area contributed by atoms with Crippen LogP contribution in [0.1, 0.15) is 54.4 Å². The molecule has 1 aliphatic rings. The number of aryl methyl sites for hydroxylation is 1. The van der Waals surface area contributed by atoms with E-state index in [-0.39, 0.29) is 17.9 Å². The van der Waals surface area contributed by atoms with Gasteiger partial charge >= 0.3 is 0 Å². The molecule has 0 aliphatic carbocycles. The lowest BCUT2D eigenvalue weighted by Crippen LogP contribution is -2.49. The third-order valence-corrected chi connectivity index (χ3v) is 4.48. The normalized spacial score (nSPS) is 19.7. The number of aromatic nitrogens is 1. The van der Waals surface area contributed by atoms with Crippen molar-refractivity contribution in [2.24, 2.45) is 0 Å². The highest BCUT2D eigenvalue weighted by Crippen LogP contribution is 2.25. The SMILES string of the molecule is Cc1noc(C(C)C)c1C(=O)N1CCC[C@H](NS(C)(=O)=O)C1. The van der Waals surface area contributed by atoms with Crippen molar-refractivity contribution in [2.45, 2.75) is 45.6 Å². The van der Waals surface area contributed by atoms with E-state index in [1.54, 1.807) is 11.8 Å². The van der Waals surface area contributed by atoms with Crippen LogP contribution in [0.3, 0.4) is 0 Å². The van der Waals surface area contributed by atoms with E-state index in [2.05, 4.69) is 9.88 Å². The summed E-state index contributed by atoms with van der Waals surface area (Å²) in [6.45, 7) is 6.62. The molecule has 1 fully saturated rings.